The van der Waals surface area contributed by atoms with Crippen LogP contribution in [0.1, 0.15) is 38.4 Å². The van der Waals surface area contributed by atoms with Crippen molar-refractivity contribution < 1.29 is 22.8 Å². The van der Waals surface area contributed by atoms with Crippen molar-refractivity contribution >= 4 is 22.9 Å². The number of hydrogen-bond donors (Lipinski definition) is 0. The van der Waals surface area contributed by atoms with Crippen LogP contribution in [-0.4, -0.2) is 11.6 Å². The minimum absolute atomic E-state index is 0.0917. The van der Waals surface area contributed by atoms with Crippen LogP contribution in [0.4, 0.5) is 13.2 Å². The second-order valence-corrected chi connectivity index (χ2v) is 5.31. The molecule has 0 amide bonds. The zero-order valence-electron chi connectivity index (χ0n) is 10.8. The first-order valence-electron chi connectivity index (χ1n) is 6.15. The normalized spacial score (nSPS) is 11.4. The second kappa shape index (κ2) is 6.22. The summed E-state index contributed by atoms with van der Waals surface area (Å²) in [5, 5.41) is 1.73. The zero-order chi connectivity index (χ0) is 15.5. The standard InChI is InChI=1S/C15H11F3O2S/c16-15(17,18)11-5-2-1-4-10(11)12(19)7-8-13(20)14-6-3-9-21-14/h1-6,9H,7-8H2. The van der Waals surface area contributed by atoms with Gasteiger partial charge in [-0.3, -0.25) is 9.59 Å². The van der Waals surface area contributed by atoms with Gasteiger partial charge in [0.1, 0.15) is 0 Å². The monoisotopic (exact) mass is 312 g/mol. The van der Waals surface area contributed by atoms with Gasteiger partial charge in [0.15, 0.2) is 11.6 Å². The minimum Gasteiger partial charge on any atom is -0.294 e. The summed E-state index contributed by atoms with van der Waals surface area (Å²) in [6.45, 7) is 0. The highest BCUT2D eigenvalue weighted by atomic mass is 32.1. The van der Waals surface area contributed by atoms with Gasteiger partial charge >= 0.3 is 6.18 Å². The molecular formula is C15H11F3O2S. The van der Waals surface area contributed by atoms with Crippen molar-refractivity contribution in [3.05, 3.63) is 57.8 Å². The van der Waals surface area contributed by atoms with Gasteiger partial charge in [-0.05, 0) is 17.5 Å². The first kappa shape index (κ1) is 15.4. The maximum atomic E-state index is 12.8. The summed E-state index contributed by atoms with van der Waals surface area (Å²) in [4.78, 5) is 24.2. The number of rotatable bonds is 5. The Morgan fingerprint density at radius 3 is 2.24 bits per heavy atom. The van der Waals surface area contributed by atoms with E-state index in [-0.39, 0.29) is 24.2 Å². The molecule has 2 nitrogen and oxygen atoms in total. The summed E-state index contributed by atoms with van der Waals surface area (Å²) in [5.74, 6) is -0.907. The Hall–Kier alpha value is -1.95. The van der Waals surface area contributed by atoms with Gasteiger partial charge in [-0.25, -0.2) is 0 Å². The van der Waals surface area contributed by atoms with Crippen molar-refractivity contribution in [1.82, 2.24) is 0 Å². The Kier molecular flexibility index (Phi) is 4.57. The van der Waals surface area contributed by atoms with Gasteiger partial charge in [-0.2, -0.15) is 13.2 Å². The van der Waals surface area contributed by atoms with Crippen molar-refractivity contribution in [3.63, 3.8) is 0 Å². The Bertz CT molecular complexity index is 645. The Morgan fingerprint density at radius 2 is 1.62 bits per heavy atom. The summed E-state index contributed by atoms with van der Waals surface area (Å²) >= 11 is 1.25. The average molecular weight is 312 g/mol. The fraction of sp³-hybridized carbons (Fsp3) is 0.200. The van der Waals surface area contributed by atoms with Gasteiger partial charge in [-0.1, -0.05) is 24.3 Å². The van der Waals surface area contributed by atoms with Gasteiger partial charge in [0.2, 0.25) is 0 Å². The molecule has 1 aromatic heterocycles. The van der Waals surface area contributed by atoms with E-state index >= 15 is 0 Å². The highest BCUT2D eigenvalue weighted by Gasteiger charge is 2.34. The van der Waals surface area contributed by atoms with Crippen molar-refractivity contribution in [2.24, 2.45) is 0 Å². The molecule has 0 spiro atoms. The average Bonchev–Trinajstić information content (AvgIpc) is 2.97. The lowest BCUT2D eigenvalue weighted by molar-refractivity contribution is -0.137. The van der Waals surface area contributed by atoms with E-state index in [9.17, 15) is 22.8 Å². The van der Waals surface area contributed by atoms with Crippen LogP contribution in [0.3, 0.4) is 0 Å². The molecule has 0 aliphatic rings. The van der Waals surface area contributed by atoms with Crippen LogP contribution in [0, 0.1) is 0 Å². The fourth-order valence-corrected chi connectivity index (χ4v) is 2.59. The van der Waals surface area contributed by atoms with Crippen molar-refractivity contribution in [1.29, 1.82) is 0 Å². The van der Waals surface area contributed by atoms with Gasteiger partial charge in [0, 0.05) is 18.4 Å². The lowest BCUT2D eigenvalue weighted by Crippen LogP contribution is -2.13. The molecule has 0 bridgehead atoms. The Balaban J connectivity index is 2.09. The maximum Gasteiger partial charge on any atom is 0.417 e. The van der Waals surface area contributed by atoms with Crippen LogP contribution in [0.25, 0.3) is 0 Å². The van der Waals surface area contributed by atoms with E-state index < -0.39 is 17.5 Å². The molecule has 1 heterocycles. The molecule has 0 radical (unpaired) electrons. The third-order valence-corrected chi connectivity index (χ3v) is 3.82. The lowest BCUT2D eigenvalue weighted by atomic mass is 9.99. The number of thiophene rings is 1. The van der Waals surface area contributed by atoms with E-state index in [1.807, 2.05) is 0 Å². The smallest absolute Gasteiger partial charge is 0.294 e. The fourth-order valence-electron chi connectivity index (χ4n) is 1.90. The first-order chi connectivity index (χ1) is 9.89. The highest BCUT2D eigenvalue weighted by molar-refractivity contribution is 7.12. The van der Waals surface area contributed by atoms with Crippen LogP contribution in [0.2, 0.25) is 0 Å². The SMILES string of the molecule is O=C(CCC(=O)c1ccccc1C(F)(F)F)c1cccs1. The number of alkyl halides is 3. The molecule has 6 heteroatoms. The maximum absolute atomic E-state index is 12.8. The van der Waals surface area contributed by atoms with Crippen LogP contribution in [0.15, 0.2) is 41.8 Å². The molecule has 0 saturated heterocycles. The quantitative estimate of drug-likeness (QED) is 0.755. The van der Waals surface area contributed by atoms with Crippen molar-refractivity contribution in [3.8, 4) is 0 Å². The summed E-state index contributed by atoms with van der Waals surface area (Å²) in [6, 6.07) is 7.95. The number of ketones is 2. The molecule has 2 aromatic rings. The molecular weight excluding hydrogens is 301 g/mol. The first-order valence-corrected chi connectivity index (χ1v) is 7.03. The van der Waals surface area contributed by atoms with Crippen LogP contribution in [0.5, 0.6) is 0 Å². The zero-order valence-corrected chi connectivity index (χ0v) is 11.6. The highest BCUT2D eigenvalue weighted by Crippen LogP contribution is 2.32. The molecule has 21 heavy (non-hydrogen) atoms. The molecule has 2 rings (SSSR count). The molecule has 0 fully saturated rings. The van der Waals surface area contributed by atoms with Gasteiger partial charge in [0.25, 0.3) is 0 Å². The van der Waals surface area contributed by atoms with Crippen LogP contribution in [-0.2, 0) is 6.18 Å². The van der Waals surface area contributed by atoms with Crippen LogP contribution >= 0.6 is 11.3 Å². The van der Waals surface area contributed by atoms with E-state index in [2.05, 4.69) is 0 Å². The number of halogens is 3. The number of hydrogen-bond acceptors (Lipinski definition) is 3. The number of Topliss-reactive ketones (excluding diaryl/α,β-unsaturated/α-hetero) is 2. The predicted molar refractivity (Wildman–Crippen MR) is 73.7 cm³/mol. The molecule has 0 unspecified atom stereocenters. The Labute approximate surface area is 123 Å². The number of benzene rings is 1. The largest absolute Gasteiger partial charge is 0.417 e. The molecule has 110 valence electrons. The second-order valence-electron chi connectivity index (χ2n) is 4.37. The molecule has 0 N–H and O–H groups in total. The third kappa shape index (κ3) is 3.78. The lowest BCUT2D eigenvalue weighted by Gasteiger charge is -2.11. The van der Waals surface area contributed by atoms with Gasteiger partial charge in [-0.15, -0.1) is 11.3 Å². The molecule has 1 aromatic carbocycles. The topological polar surface area (TPSA) is 34.1 Å². The molecule has 0 aliphatic heterocycles. The predicted octanol–water partition coefficient (Wildman–Crippen LogP) is 4.61. The van der Waals surface area contributed by atoms with Gasteiger partial charge in [0.05, 0.1) is 10.4 Å². The summed E-state index contributed by atoms with van der Waals surface area (Å²) in [7, 11) is 0. The van der Waals surface area contributed by atoms with Crippen molar-refractivity contribution in [2.45, 2.75) is 19.0 Å². The summed E-state index contributed by atoms with van der Waals surface area (Å²) in [6.07, 6.45) is -4.90. The Morgan fingerprint density at radius 1 is 0.952 bits per heavy atom. The molecule has 0 saturated carbocycles. The summed E-state index contributed by atoms with van der Waals surface area (Å²) in [5.41, 5.74) is -1.34. The minimum atomic E-state index is -4.58. The van der Waals surface area contributed by atoms with E-state index in [0.29, 0.717) is 4.88 Å². The van der Waals surface area contributed by atoms with E-state index in [1.54, 1.807) is 17.5 Å². The van der Waals surface area contributed by atoms with E-state index in [4.69, 9.17) is 0 Å². The number of carbonyl (C=O) groups is 2. The molecule has 0 aliphatic carbocycles. The van der Waals surface area contributed by atoms with Gasteiger partial charge < -0.3 is 0 Å². The third-order valence-electron chi connectivity index (χ3n) is 2.91. The van der Waals surface area contributed by atoms with E-state index in [0.717, 1.165) is 12.1 Å². The van der Waals surface area contributed by atoms with Crippen LogP contribution < -0.4 is 0 Å². The summed E-state index contributed by atoms with van der Waals surface area (Å²) < 4.78 is 38.4. The van der Waals surface area contributed by atoms with E-state index in [1.165, 1.54) is 23.5 Å². The number of carbonyl (C=O) groups excluding carboxylic acids is 2. The molecule has 0 atom stereocenters. The van der Waals surface area contributed by atoms with Crippen molar-refractivity contribution in [2.75, 3.05) is 0 Å².